The summed E-state index contributed by atoms with van der Waals surface area (Å²) in [7, 11) is 0. The Kier molecular flexibility index (Phi) is 7.37. The van der Waals surface area contributed by atoms with Crippen LogP contribution in [-0.2, 0) is 11.2 Å². The van der Waals surface area contributed by atoms with Gasteiger partial charge in [0.05, 0.1) is 34.7 Å². The maximum absolute atomic E-state index is 17.0. The van der Waals surface area contributed by atoms with Crippen LogP contribution >= 0.6 is 23.4 Å². The fraction of sp³-hybridized carbons (Fsp3) is 0.429. The van der Waals surface area contributed by atoms with Crippen molar-refractivity contribution in [3.63, 3.8) is 0 Å². The standard InChI is InChI=1S/C35H32ClF2N5O3S/c1-47-33-22-15-25(24-8-4-12-41(24)34(44)17-9-10-17)43(31-19-14-26(31)42(16-19)35(45)46)32(22)21-13-18(5-3-11-39)27(29(38)30(21)40-33)20-6-2-7-23(37)28(20)36/h2,6-7,13,15,17,19,24,26,31H,3-5,8-10,12,14,16H2,1H3,(H,45,46)/t19-,24-,26-,31+/m1/s1. The van der Waals surface area contributed by atoms with Gasteiger partial charge in [-0.2, -0.15) is 5.26 Å². The molecular weight excluding hydrogens is 644 g/mol. The molecule has 0 unspecified atom stereocenters. The van der Waals surface area contributed by atoms with Crippen LogP contribution in [0.3, 0.4) is 0 Å². The average molecular weight is 676 g/mol. The molecule has 8 nitrogen and oxygen atoms in total. The van der Waals surface area contributed by atoms with Crippen LogP contribution in [0.15, 0.2) is 35.4 Å². The number of amides is 2. The van der Waals surface area contributed by atoms with Gasteiger partial charge in [-0.15, -0.1) is 11.8 Å². The normalized spacial score (nSPS) is 23.5. The molecule has 12 heteroatoms. The van der Waals surface area contributed by atoms with Gasteiger partial charge in [0.15, 0.2) is 5.82 Å². The van der Waals surface area contributed by atoms with E-state index in [1.54, 1.807) is 6.07 Å². The van der Waals surface area contributed by atoms with E-state index in [0.29, 0.717) is 29.1 Å². The Morgan fingerprint density at radius 3 is 2.68 bits per heavy atom. The van der Waals surface area contributed by atoms with Crippen LogP contribution in [0.25, 0.3) is 32.9 Å². The number of carbonyl (C=O) groups excluding carboxylic acids is 1. The van der Waals surface area contributed by atoms with Gasteiger partial charge in [-0.05, 0) is 68.5 Å². The van der Waals surface area contributed by atoms with Gasteiger partial charge in [0.25, 0.3) is 0 Å². The third-order valence-electron chi connectivity index (χ3n) is 10.6. The van der Waals surface area contributed by atoms with E-state index in [1.165, 1.54) is 28.8 Å². The van der Waals surface area contributed by atoms with E-state index in [9.17, 15) is 24.3 Å². The zero-order chi connectivity index (χ0) is 32.7. The largest absolute Gasteiger partial charge is 0.465 e. The zero-order valence-electron chi connectivity index (χ0n) is 25.7. The summed E-state index contributed by atoms with van der Waals surface area (Å²) in [4.78, 5) is 34.1. The first-order valence-corrected chi connectivity index (χ1v) is 17.7. The molecule has 4 atom stereocenters. The highest BCUT2D eigenvalue weighted by atomic mass is 35.5. The summed E-state index contributed by atoms with van der Waals surface area (Å²) in [5, 5.41) is 21.3. The number of hydrogen-bond donors (Lipinski definition) is 1. The summed E-state index contributed by atoms with van der Waals surface area (Å²) in [5.41, 5.74) is 2.60. The van der Waals surface area contributed by atoms with Gasteiger partial charge in [0, 0.05) is 58.9 Å². The Morgan fingerprint density at radius 2 is 1.98 bits per heavy atom. The Bertz CT molecular complexity index is 2040. The van der Waals surface area contributed by atoms with Gasteiger partial charge in [-0.25, -0.2) is 18.6 Å². The average Bonchev–Trinajstić information content (AvgIpc) is 3.36. The topological polar surface area (TPSA) is 102 Å². The Labute approximate surface area is 279 Å². The number of fused-ring (bicyclic) bond motifs is 4. The van der Waals surface area contributed by atoms with E-state index in [-0.39, 0.29) is 70.4 Å². The minimum atomic E-state index is -0.956. The second-order valence-corrected chi connectivity index (χ2v) is 14.3. The molecular formula is C35H32ClF2N5O3S. The first-order chi connectivity index (χ1) is 22.7. The number of halogens is 3. The monoisotopic (exact) mass is 675 g/mol. The van der Waals surface area contributed by atoms with Crippen molar-refractivity contribution in [1.29, 1.82) is 5.26 Å². The minimum absolute atomic E-state index is 0.0601. The van der Waals surface area contributed by atoms with Crippen molar-refractivity contribution in [2.75, 3.05) is 19.3 Å². The van der Waals surface area contributed by atoms with E-state index in [1.807, 2.05) is 17.2 Å². The highest BCUT2D eigenvalue weighted by Gasteiger charge is 2.56. The number of aromatic nitrogens is 2. The summed E-state index contributed by atoms with van der Waals surface area (Å²) in [6, 6.07) is 9.74. The lowest BCUT2D eigenvalue weighted by atomic mass is 9.79. The SMILES string of the molecule is CSc1nc2c(F)c(-c3cccc(F)c3Cl)c(CCC#N)cc2c2c1cc([C@H]1CCCN1C(=O)C1CC1)n2[C@H]1[C@@H]2C[C@H]1N(C(=O)O)C2. The van der Waals surface area contributed by atoms with E-state index in [2.05, 4.69) is 16.7 Å². The third kappa shape index (κ3) is 4.62. The van der Waals surface area contributed by atoms with Crippen molar-refractivity contribution < 1.29 is 23.5 Å². The van der Waals surface area contributed by atoms with Crippen molar-refractivity contribution in [3.05, 3.63) is 58.2 Å². The molecule has 5 heterocycles. The second-order valence-electron chi connectivity index (χ2n) is 13.2. The summed E-state index contributed by atoms with van der Waals surface area (Å²) in [6.45, 7) is 1.08. The first kappa shape index (κ1) is 30.5. The van der Waals surface area contributed by atoms with Crippen molar-refractivity contribution in [1.82, 2.24) is 19.4 Å². The number of pyridine rings is 1. The number of hydrogen-bond acceptors (Lipinski definition) is 5. The van der Waals surface area contributed by atoms with Crippen molar-refractivity contribution in [3.8, 4) is 17.2 Å². The van der Waals surface area contributed by atoms with Gasteiger partial charge in [0.2, 0.25) is 5.91 Å². The fourth-order valence-corrected chi connectivity index (χ4v) is 9.11. The van der Waals surface area contributed by atoms with Crippen molar-refractivity contribution in [2.24, 2.45) is 11.8 Å². The molecule has 4 aromatic rings. The van der Waals surface area contributed by atoms with Gasteiger partial charge in [-0.1, -0.05) is 23.7 Å². The molecule has 5 aliphatic rings. The lowest BCUT2D eigenvalue weighted by Gasteiger charge is -2.40. The molecule has 0 spiro atoms. The summed E-state index contributed by atoms with van der Waals surface area (Å²) < 4.78 is 33.9. The van der Waals surface area contributed by atoms with Gasteiger partial charge in [-0.3, -0.25) is 4.79 Å². The van der Waals surface area contributed by atoms with Crippen LogP contribution in [0.5, 0.6) is 0 Å². The lowest BCUT2D eigenvalue weighted by Crippen LogP contribution is -2.43. The number of nitrogens with zero attached hydrogens (tertiary/aromatic N) is 5. The fourth-order valence-electron chi connectivity index (χ4n) is 8.33. The molecule has 5 fully saturated rings. The summed E-state index contributed by atoms with van der Waals surface area (Å²) >= 11 is 7.79. The molecule has 3 saturated heterocycles. The minimum Gasteiger partial charge on any atom is -0.465 e. The number of thioether (sulfide) groups is 1. The third-order valence-corrected chi connectivity index (χ3v) is 11.7. The van der Waals surface area contributed by atoms with E-state index < -0.39 is 17.7 Å². The maximum Gasteiger partial charge on any atom is 0.407 e. The van der Waals surface area contributed by atoms with E-state index in [4.69, 9.17) is 16.6 Å². The molecule has 1 N–H and O–H groups in total. The Hall–Kier alpha value is -3.88. The maximum atomic E-state index is 17.0. The van der Waals surface area contributed by atoms with Crippen LogP contribution in [0, 0.1) is 34.8 Å². The van der Waals surface area contributed by atoms with Gasteiger partial charge >= 0.3 is 6.09 Å². The second kappa shape index (κ2) is 11.4. The Morgan fingerprint density at radius 1 is 1.17 bits per heavy atom. The molecule has 0 radical (unpaired) electrons. The number of benzene rings is 2. The van der Waals surface area contributed by atoms with E-state index in [0.717, 1.165) is 48.7 Å². The summed E-state index contributed by atoms with van der Waals surface area (Å²) in [6.07, 6.45) is 5.43. The smallest absolute Gasteiger partial charge is 0.407 e. The number of aryl methyl sites for hydroxylation is 1. The molecule has 242 valence electrons. The zero-order valence-corrected chi connectivity index (χ0v) is 27.3. The van der Waals surface area contributed by atoms with Gasteiger partial charge in [0.1, 0.15) is 16.4 Å². The summed E-state index contributed by atoms with van der Waals surface area (Å²) in [5.74, 6) is -1.02. The molecule has 2 bridgehead atoms. The molecule has 47 heavy (non-hydrogen) atoms. The predicted octanol–water partition coefficient (Wildman–Crippen LogP) is 7.96. The highest BCUT2D eigenvalue weighted by molar-refractivity contribution is 7.98. The number of rotatable bonds is 7. The van der Waals surface area contributed by atoms with Crippen LogP contribution in [0.1, 0.15) is 61.9 Å². The number of carboxylic acid groups (broad SMARTS) is 1. The number of carbonyl (C=O) groups is 2. The molecule has 2 aromatic heterocycles. The van der Waals surface area contributed by atoms with Crippen LogP contribution < -0.4 is 0 Å². The number of nitriles is 1. The molecule has 9 rings (SSSR count). The lowest BCUT2D eigenvalue weighted by molar-refractivity contribution is -0.133. The van der Waals surface area contributed by atoms with Crippen LogP contribution in [-0.4, -0.2) is 61.8 Å². The first-order valence-electron chi connectivity index (χ1n) is 16.1. The molecule has 2 aliphatic carbocycles. The van der Waals surface area contributed by atoms with Crippen molar-refractivity contribution >= 4 is 57.2 Å². The Balaban J connectivity index is 1.43. The highest BCUT2D eigenvalue weighted by Crippen LogP contribution is 2.54. The molecule has 2 saturated carbocycles. The van der Waals surface area contributed by atoms with Crippen LogP contribution in [0.2, 0.25) is 5.02 Å². The predicted molar refractivity (Wildman–Crippen MR) is 175 cm³/mol. The molecule has 2 aromatic carbocycles. The van der Waals surface area contributed by atoms with Crippen LogP contribution in [0.4, 0.5) is 13.6 Å². The number of likely N-dealkylation sites (tertiary alicyclic amines) is 1. The molecule has 3 aliphatic heterocycles. The van der Waals surface area contributed by atoms with E-state index >= 15 is 4.39 Å². The van der Waals surface area contributed by atoms with Gasteiger partial charge < -0.3 is 19.5 Å². The molecule has 2 amide bonds. The quantitative estimate of drug-likeness (QED) is 0.199. The van der Waals surface area contributed by atoms with Crippen molar-refractivity contribution in [2.45, 2.75) is 68.1 Å².